The molecule has 3 aromatic rings. The summed E-state index contributed by atoms with van der Waals surface area (Å²) < 4.78 is 13.5. The van der Waals surface area contributed by atoms with Gasteiger partial charge < -0.3 is 14.4 Å². The van der Waals surface area contributed by atoms with Crippen LogP contribution in [0.3, 0.4) is 0 Å². The van der Waals surface area contributed by atoms with Gasteiger partial charge in [-0.2, -0.15) is 0 Å². The molecule has 0 bridgehead atoms. The Kier molecular flexibility index (Phi) is 4.95. The Balaban J connectivity index is 1.48. The number of hydrogen-bond donors (Lipinski definition) is 0. The maximum atomic E-state index is 12.7. The van der Waals surface area contributed by atoms with Crippen molar-refractivity contribution in [1.82, 2.24) is 19.5 Å². The Morgan fingerprint density at radius 1 is 1.03 bits per heavy atom. The number of nitrogens with zero attached hydrogens (tertiary/aromatic N) is 4. The predicted octanol–water partition coefficient (Wildman–Crippen LogP) is 3.46. The number of ether oxygens (including phenoxy) is 2. The Hall–Kier alpha value is -2.48. The zero-order valence-electron chi connectivity index (χ0n) is 16.5. The summed E-state index contributed by atoms with van der Waals surface area (Å²) in [4.78, 5) is 14.7. The van der Waals surface area contributed by atoms with Gasteiger partial charge in [0.15, 0.2) is 22.3 Å². The zero-order chi connectivity index (χ0) is 19.8. The number of likely N-dealkylation sites (tertiary alicyclic amines) is 1. The quantitative estimate of drug-likeness (QED) is 0.614. The van der Waals surface area contributed by atoms with Gasteiger partial charge in [0.05, 0.1) is 11.3 Å². The molecule has 0 spiro atoms. The monoisotopic (exact) mass is 412 g/mol. The first-order chi connectivity index (χ1) is 14.2. The highest BCUT2D eigenvalue weighted by Crippen LogP contribution is 2.36. The third-order valence-electron chi connectivity index (χ3n) is 5.57. The SMILES string of the molecule is Cc1cc2cc3c(cc2n2c(SCC(=O)N4CCCCCC4)nnc12)OCCO3. The molecule has 0 aliphatic carbocycles. The average molecular weight is 413 g/mol. The van der Waals surface area contributed by atoms with E-state index in [1.165, 1.54) is 24.6 Å². The molecule has 0 radical (unpaired) electrons. The first-order valence-corrected chi connectivity index (χ1v) is 11.2. The van der Waals surface area contributed by atoms with Gasteiger partial charge in [0.1, 0.15) is 13.2 Å². The first-order valence-electron chi connectivity index (χ1n) is 10.2. The van der Waals surface area contributed by atoms with E-state index >= 15 is 0 Å². The van der Waals surface area contributed by atoms with Crippen molar-refractivity contribution in [3.05, 3.63) is 23.8 Å². The molecule has 0 N–H and O–H groups in total. The Morgan fingerprint density at radius 2 is 1.76 bits per heavy atom. The standard InChI is InChI=1S/C21H24N4O3S/c1-14-10-15-11-17-18(28-9-8-27-17)12-16(15)25-20(14)22-23-21(25)29-13-19(26)24-6-4-2-3-5-7-24/h10-12H,2-9,13H2,1H3. The number of carbonyl (C=O) groups is 1. The molecule has 2 aliphatic heterocycles. The summed E-state index contributed by atoms with van der Waals surface area (Å²) in [6.07, 6.45) is 4.63. The lowest BCUT2D eigenvalue weighted by Gasteiger charge is -2.20. The molecular formula is C21H24N4O3S. The van der Waals surface area contributed by atoms with Crippen LogP contribution in [0.5, 0.6) is 11.5 Å². The van der Waals surface area contributed by atoms with Crippen LogP contribution in [-0.2, 0) is 4.79 Å². The fraction of sp³-hybridized carbons (Fsp3) is 0.476. The molecule has 1 aromatic carbocycles. The maximum Gasteiger partial charge on any atom is 0.233 e. The van der Waals surface area contributed by atoms with Crippen molar-refractivity contribution in [2.75, 3.05) is 32.1 Å². The number of thioether (sulfide) groups is 1. The highest BCUT2D eigenvalue weighted by Gasteiger charge is 2.20. The van der Waals surface area contributed by atoms with Crippen LogP contribution in [0.15, 0.2) is 23.4 Å². The maximum absolute atomic E-state index is 12.7. The van der Waals surface area contributed by atoms with E-state index in [4.69, 9.17) is 9.47 Å². The van der Waals surface area contributed by atoms with Crippen LogP contribution < -0.4 is 9.47 Å². The summed E-state index contributed by atoms with van der Waals surface area (Å²) in [7, 11) is 0. The molecule has 2 aromatic heterocycles. The number of rotatable bonds is 3. The van der Waals surface area contributed by atoms with Gasteiger partial charge in [-0.3, -0.25) is 9.20 Å². The van der Waals surface area contributed by atoms with Gasteiger partial charge in [-0.15, -0.1) is 10.2 Å². The molecule has 1 amide bonds. The molecule has 7 nitrogen and oxygen atoms in total. The third kappa shape index (κ3) is 3.50. The molecule has 29 heavy (non-hydrogen) atoms. The molecule has 0 saturated carbocycles. The van der Waals surface area contributed by atoms with Crippen molar-refractivity contribution in [3.8, 4) is 11.5 Å². The molecule has 0 atom stereocenters. The van der Waals surface area contributed by atoms with Gasteiger partial charge in [0.25, 0.3) is 0 Å². The van der Waals surface area contributed by atoms with Gasteiger partial charge in [0.2, 0.25) is 5.91 Å². The highest BCUT2D eigenvalue weighted by atomic mass is 32.2. The fourth-order valence-electron chi connectivity index (χ4n) is 4.07. The molecule has 1 fully saturated rings. The Labute approximate surface area is 173 Å². The Bertz CT molecular complexity index is 1070. The molecule has 4 heterocycles. The van der Waals surface area contributed by atoms with E-state index in [1.807, 2.05) is 28.4 Å². The molecular weight excluding hydrogens is 388 g/mol. The van der Waals surface area contributed by atoms with E-state index in [0.717, 1.165) is 64.7 Å². The number of aryl methyl sites for hydroxylation is 1. The first kappa shape index (κ1) is 18.5. The number of amides is 1. The smallest absolute Gasteiger partial charge is 0.233 e. The molecule has 5 rings (SSSR count). The molecule has 152 valence electrons. The number of fused-ring (bicyclic) bond motifs is 4. The molecule has 8 heteroatoms. The van der Waals surface area contributed by atoms with Crippen molar-refractivity contribution in [2.24, 2.45) is 0 Å². The van der Waals surface area contributed by atoms with E-state index in [2.05, 4.69) is 16.3 Å². The summed E-state index contributed by atoms with van der Waals surface area (Å²) >= 11 is 1.45. The number of aromatic nitrogens is 3. The van der Waals surface area contributed by atoms with E-state index in [1.54, 1.807) is 0 Å². The van der Waals surface area contributed by atoms with Crippen molar-refractivity contribution < 1.29 is 14.3 Å². The zero-order valence-corrected chi connectivity index (χ0v) is 17.3. The number of hydrogen-bond acceptors (Lipinski definition) is 6. The summed E-state index contributed by atoms with van der Waals surface area (Å²) in [6.45, 7) is 4.86. The largest absolute Gasteiger partial charge is 0.486 e. The lowest BCUT2D eigenvalue weighted by Crippen LogP contribution is -2.33. The summed E-state index contributed by atoms with van der Waals surface area (Å²) in [5, 5.41) is 10.5. The molecule has 2 aliphatic rings. The fourth-order valence-corrected chi connectivity index (χ4v) is 4.92. The lowest BCUT2D eigenvalue weighted by molar-refractivity contribution is -0.128. The normalized spacial score (nSPS) is 16.9. The molecule has 0 unspecified atom stereocenters. The van der Waals surface area contributed by atoms with Gasteiger partial charge >= 0.3 is 0 Å². The topological polar surface area (TPSA) is 69.0 Å². The number of pyridine rings is 1. The van der Waals surface area contributed by atoms with E-state index in [-0.39, 0.29) is 5.91 Å². The van der Waals surface area contributed by atoms with Crippen LogP contribution in [0.1, 0.15) is 31.2 Å². The second-order valence-corrected chi connectivity index (χ2v) is 8.55. The van der Waals surface area contributed by atoms with Crippen LogP contribution in [-0.4, -0.2) is 57.5 Å². The van der Waals surface area contributed by atoms with Crippen LogP contribution in [0, 0.1) is 6.92 Å². The lowest BCUT2D eigenvalue weighted by atomic mass is 10.1. The van der Waals surface area contributed by atoms with E-state index < -0.39 is 0 Å². The van der Waals surface area contributed by atoms with Crippen LogP contribution >= 0.6 is 11.8 Å². The van der Waals surface area contributed by atoms with Gasteiger partial charge in [-0.05, 0) is 37.5 Å². The van der Waals surface area contributed by atoms with Crippen molar-refractivity contribution in [1.29, 1.82) is 0 Å². The van der Waals surface area contributed by atoms with Gasteiger partial charge in [-0.25, -0.2) is 0 Å². The number of benzene rings is 1. The highest BCUT2D eigenvalue weighted by molar-refractivity contribution is 7.99. The average Bonchev–Trinajstić information content (AvgIpc) is 2.97. The minimum Gasteiger partial charge on any atom is -0.486 e. The summed E-state index contributed by atoms with van der Waals surface area (Å²) in [5.74, 6) is 2.06. The summed E-state index contributed by atoms with van der Waals surface area (Å²) in [6, 6.07) is 6.09. The minimum absolute atomic E-state index is 0.180. The second-order valence-electron chi connectivity index (χ2n) is 7.61. The van der Waals surface area contributed by atoms with Crippen LogP contribution in [0.4, 0.5) is 0 Å². The van der Waals surface area contributed by atoms with Crippen LogP contribution in [0.2, 0.25) is 0 Å². The number of carbonyl (C=O) groups excluding carboxylic acids is 1. The summed E-state index contributed by atoms with van der Waals surface area (Å²) in [5.41, 5.74) is 2.80. The van der Waals surface area contributed by atoms with Crippen LogP contribution in [0.25, 0.3) is 16.6 Å². The minimum atomic E-state index is 0.180. The van der Waals surface area contributed by atoms with Crippen molar-refractivity contribution >= 4 is 34.2 Å². The van der Waals surface area contributed by atoms with Crippen molar-refractivity contribution in [2.45, 2.75) is 37.8 Å². The van der Waals surface area contributed by atoms with E-state index in [0.29, 0.717) is 19.0 Å². The predicted molar refractivity (Wildman–Crippen MR) is 112 cm³/mol. The van der Waals surface area contributed by atoms with Gasteiger partial charge in [0, 0.05) is 24.5 Å². The van der Waals surface area contributed by atoms with Crippen molar-refractivity contribution in [3.63, 3.8) is 0 Å². The third-order valence-corrected chi connectivity index (χ3v) is 6.49. The van der Waals surface area contributed by atoms with Gasteiger partial charge in [-0.1, -0.05) is 24.6 Å². The molecule has 1 saturated heterocycles. The van der Waals surface area contributed by atoms with E-state index in [9.17, 15) is 4.79 Å². The second kappa shape index (κ2) is 7.74. The Morgan fingerprint density at radius 3 is 2.52 bits per heavy atom.